The lowest BCUT2D eigenvalue weighted by Crippen LogP contribution is -2.23. The van der Waals surface area contributed by atoms with Gasteiger partial charge in [-0.3, -0.25) is 4.99 Å². The minimum atomic E-state index is -0.145. The summed E-state index contributed by atoms with van der Waals surface area (Å²) in [5, 5.41) is 4.33. The number of benzene rings is 1. The highest BCUT2D eigenvalue weighted by Crippen LogP contribution is 2.22. The van der Waals surface area contributed by atoms with E-state index in [4.69, 9.17) is 0 Å². The zero-order valence-corrected chi connectivity index (χ0v) is 11.9. The van der Waals surface area contributed by atoms with Gasteiger partial charge in [-0.15, -0.1) is 0 Å². The van der Waals surface area contributed by atoms with Gasteiger partial charge in [-0.2, -0.15) is 0 Å². The molecule has 0 radical (unpaired) electrons. The number of amidine groups is 1. The van der Waals surface area contributed by atoms with E-state index < -0.39 is 0 Å². The Kier molecular flexibility index (Phi) is 4.27. The van der Waals surface area contributed by atoms with Crippen LogP contribution in [0.2, 0.25) is 0 Å². The average molecular weight is 266 g/mol. The Bertz CT molecular complexity index is 459. The Labute approximate surface area is 112 Å². The van der Waals surface area contributed by atoms with Crippen molar-refractivity contribution in [2.45, 2.75) is 39.3 Å². The van der Waals surface area contributed by atoms with E-state index in [9.17, 15) is 4.39 Å². The molecule has 1 heterocycles. The lowest BCUT2D eigenvalue weighted by atomic mass is 10.1. The van der Waals surface area contributed by atoms with E-state index >= 15 is 0 Å². The molecular formula is C14H19FN2S. The summed E-state index contributed by atoms with van der Waals surface area (Å²) in [6.07, 6.45) is 1.08. The molecule has 1 aromatic carbocycles. The largest absolute Gasteiger partial charge is 0.358 e. The fourth-order valence-corrected chi connectivity index (χ4v) is 2.99. The number of aliphatic imine (C=N–C) groups is 1. The van der Waals surface area contributed by atoms with Crippen LogP contribution in [-0.4, -0.2) is 17.0 Å². The fraction of sp³-hybridized carbons (Fsp3) is 0.500. The molecule has 0 spiro atoms. The van der Waals surface area contributed by atoms with Gasteiger partial charge >= 0.3 is 0 Å². The average Bonchev–Trinajstić information content (AvgIpc) is 2.80. The van der Waals surface area contributed by atoms with Gasteiger partial charge in [-0.1, -0.05) is 30.8 Å². The highest BCUT2D eigenvalue weighted by atomic mass is 32.2. The quantitative estimate of drug-likeness (QED) is 0.902. The first-order chi connectivity index (χ1) is 8.60. The Balaban J connectivity index is 2.03. The molecule has 18 heavy (non-hydrogen) atoms. The zero-order valence-electron chi connectivity index (χ0n) is 11.0. The number of hydrogen-bond acceptors (Lipinski definition) is 3. The van der Waals surface area contributed by atoms with Crippen LogP contribution in [-0.2, 0) is 0 Å². The van der Waals surface area contributed by atoms with Crippen LogP contribution in [0.25, 0.3) is 0 Å². The first-order valence-electron chi connectivity index (χ1n) is 6.33. The van der Waals surface area contributed by atoms with Crippen molar-refractivity contribution >= 4 is 16.9 Å². The monoisotopic (exact) mass is 266 g/mol. The van der Waals surface area contributed by atoms with E-state index in [1.165, 1.54) is 0 Å². The lowest BCUT2D eigenvalue weighted by molar-refractivity contribution is 0.609. The van der Waals surface area contributed by atoms with Gasteiger partial charge in [0.15, 0.2) is 5.17 Å². The Morgan fingerprint density at radius 2 is 2.33 bits per heavy atom. The molecule has 2 rings (SSSR count). The van der Waals surface area contributed by atoms with Crippen molar-refractivity contribution in [2.24, 2.45) is 4.99 Å². The third-order valence-electron chi connectivity index (χ3n) is 3.22. The summed E-state index contributed by atoms with van der Waals surface area (Å²) < 4.78 is 13.5. The van der Waals surface area contributed by atoms with Crippen molar-refractivity contribution in [3.05, 3.63) is 35.1 Å². The molecule has 4 heteroatoms. The molecule has 0 saturated heterocycles. The SMILES string of the molecule is CCC1CSC(NC(C)c2ccc(C)c(F)c2)=N1. The molecule has 2 nitrogen and oxygen atoms in total. The van der Waals surface area contributed by atoms with Crippen LogP contribution >= 0.6 is 11.8 Å². The normalized spacial score (nSPS) is 20.7. The summed E-state index contributed by atoms with van der Waals surface area (Å²) in [5.74, 6) is 0.905. The third kappa shape index (κ3) is 3.05. The second-order valence-corrected chi connectivity index (χ2v) is 5.69. The second kappa shape index (κ2) is 5.74. The van der Waals surface area contributed by atoms with Crippen molar-refractivity contribution in [3.8, 4) is 0 Å². The summed E-state index contributed by atoms with van der Waals surface area (Å²) in [6.45, 7) is 5.96. The van der Waals surface area contributed by atoms with Crippen molar-refractivity contribution in [1.82, 2.24) is 5.32 Å². The van der Waals surface area contributed by atoms with Crippen molar-refractivity contribution < 1.29 is 4.39 Å². The molecule has 1 aromatic rings. The molecule has 1 aliphatic rings. The summed E-state index contributed by atoms with van der Waals surface area (Å²) in [7, 11) is 0. The highest BCUT2D eigenvalue weighted by molar-refractivity contribution is 8.14. The van der Waals surface area contributed by atoms with Gasteiger partial charge in [-0.05, 0) is 37.5 Å². The molecule has 0 aliphatic carbocycles. The summed E-state index contributed by atoms with van der Waals surface area (Å²) in [5.41, 5.74) is 1.64. The Morgan fingerprint density at radius 1 is 1.56 bits per heavy atom. The maximum Gasteiger partial charge on any atom is 0.157 e. The number of hydrogen-bond donors (Lipinski definition) is 1. The Hall–Kier alpha value is -1.03. The van der Waals surface area contributed by atoms with Gasteiger partial charge in [0.25, 0.3) is 0 Å². The number of nitrogens with zero attached hydrogens (tertiary/aromatic N) is 1. The minimum absolute atomic E-state index is 0.0851. The molecule has 98 valence electrons. The maximum absolute atomic E-state index is 13.5. The molecule has 0 saturated carbocycles. The van der Waals surface area contributed by atoms with Crippen molar-refractivity contribution in [3.63, 3.8) is 0 Å². The molecule has 2 unspecified atom stereocenters. The molecule has 0 amide bonds. The van der Waals surface area contributed by atoms with E-state index in [0.717, 1.165) is 22.9 Å². The zero-order chi connectivity index (χ0) is 13.1. The third-order valence-corrected chi connectivity index (χ3v) is 4.27. The van der Waals surface area contributed by atoms with Crippen LogP contribution in [0.1, 0.15) is 37.4 Å². The first-order valence-corrected chi connectivity index (χ1v) is 7.32. The molecule has 0 bridgehead atoms. The van der Waals surface area contributed by atoms with Crippen LogP contribution in [0.15, 0.2) is 23.2 Å². The van der Waals surface area contributed by atoms with Crippen LogP contribution < -0.4 is 5.32 Å². The van der Waals surface area contributed by atoms with Crippen molar-refractivity contribution in [1.29, 1.82) is 0 Å². The predicted molar refractivity (Wildman–Crippen MR) is 76.7 cm³/mol. The maximum atomic E-state index is 13.5. The summed E-state index contributed by atoms with van der Waals surface area (Å²) in [6, 6.07) is 5.90. The summed E-state index contributed by atoms with van der Waals surface area (Å²) >= 11 is 1.75. The number of rotatable bonds is 3. The second-order valence-electron chi connectivity index (χ2n) is 4.68. The van der Waals surface area contributed by atoms with Gasteiger partial charge in [0.2, 0.25) is 0 Å². The van der Waals surface area contributed by atoms with Gasteiger partial charge in [-0.25, -0.2) is 4.39 Å². The van der Waals surface area contributed by atoms with E-state index in [2.05, 4.69) is 17.2 Å². The number of aryl methyl sites for hydroxylation is 1. The van der Waals surface area contributed by atoms with Gasteiger partial charge in [0.05, 0.1) is 12.1 Å². The number of thioether (sulfide) groups is 1. The van der Waals surface area contributed by atoms with Gasteiger partial charge in [0.1, 0.15) is 5.82 Å². The topological polar surface area (TPSA) is 24.4 Å². The molecule has 2 atom stereocenters. The predicted octanol–water partition coefficient (Wildman–Crippen LogP) is 3.67. The molecule has 1 N–H and O–H groups in total. The van der Waals surface area contributed by atoms with Crippen LogP contribution in [0.4, 0.5) is 4.39 Å². The Morgan fingerprint density at radius 3 is 2.94 bits per heavy atom. The van der Waals surface area contributed by atoms with E-state index in [1.807, 2.05) is 19.1 Å². The van der Waals surface area contributed by atoms with Crippen molar-refractivity contribution in [2.75, 3.05) is 5.75 Å². The highest BCUT2D eigenvalue weighted by Gasteiger charge is 2.18. The van der Waals surface area contributed by atoms with Crippen LogP contribution in [0.5, 0.6) is 0 Å². The molecular weight excluding hydrogens is 247 g/mol. The number of nitrogens with one attached hydrogen (secondary N) is 1. The van der Waals surface area contributed by atoms with Crippen LogP contribution in [0.3, 0.4) is 0 Å². The van der Waals surface area contributed by atoms with E-state index in [0.29, 0.717) is 11.6 Å². The fourth-order valence-electron chi connectivity index (χ4n) is 1.85. The standard InChI is InChI=1S/C14H19FN2S/c1-4-12-8-18-14(17-12)16-10(3)11-6-5-9(2)13(15)7-11/h5-7,10,12H,4,8H2,1-3H3,(H,16,17). The number of halogens is 1. The smallest absolute Gasteiger partial charge is 0.157 e. The molecule has 0 aromatic heterocycles. The van der Waals surface area contributed by atoms with Crippen LogP contribution in [0, 0.1) is 12.7 Å². The van der Waals surface area contributed by atoms with E-state index in [-0.39, 0.29) is 11.9 Å². The van der Waals surface area contributed by atoms with E-state index in [1.54, 1.807) is 24.8 Å². The van der Waals surface area contributed by atoms with Gasteiger partial charge in [0, 0.05) is 5.75 Å². The summed E-state index contributed by atoms with van der Waals surface area (Å²) in [4.78, 5) is 4.59. The minimum Gasteiger partial charge on any atom is -0.358 e. The lowest BCUT2D eigenvalue weighted by Gasteiger charge is -2.15. The molecule has 0 fully saturated rings. The first kappa shape index (κ1) is 13.4. The molecule has 1 aliphatic heterocycles. The van der Waals surface area contributed by atoms with Gasteiger partial charge < -0.3 is 5.32 Å².